The number of carbonyl (C=O) groups excluding carboxylic acids is 2. The molecule has 0 spiro atoms. The Hall–Kier alpha value is -3.29. The van der Waals surface area contributed by atoms with Gasteiger partial charge in [-0.15, -0.1) is 10.2 Å². The van der Waals surface area contributed by atoms with E-state index in [1.807, 2.05) is 18.3 Å². The second-order valence-corrected chi connectivity index (χ2v) is 6.20. The van der Waals surface area contributed by atoms with E-state index in [-0.39, 0.29) is 11.8 Å². The first-order chi connectivity index (χ1) is 12.7. The van der Waals surface area contributed by atoms with Crippen LogP contribution in [-0.2, 0) is 4.79 Å². The lowest BCUT2D eigenvalue weighted by atomic mass is 10.1. The molecule has 1 N–H and O–H groups in total. The van der Waals surface area contributed by atoms with Gasteiger partial charge in [-0.1, -0.05) is 12.1 Å². The van der Waals surface area contributed by atoms with Crippen molar-refractivity contribution in [3.63, 3.8) is 0 Å². The second kappa shape index (κ2) is 6.91. The molecule has 132 valence electrons. The van der Waals surface area contributed by atoms with E-state index < -0.39 is 0 Å². The van der Waals surface area contributed by atoms with Crippen molar-refractivity contribution >= 4 is 17.6 Å². The van der Waals surface area contributed by atoms with Gasteiger partial charge >= 0.3 is 0 Å². The molecule has 1 aliphatic rings. The van der Waals surface area contributed by atoms with Gasteiger partial charge in [0, 0.05) is 49.6 Å². The van der Waals surface area contributed by atoms with Crippen LogP contribution in [0, 0.1) is 0 Å². The predicted octanol–water partition coefficient (Wildman–Crippen LogP) is 1.14. The molecule has 2 amide bonds. The molecule has 0 aliphatic carbocycles. The number of nitrogens with zero attached hydrogens (tertiary/aromatic N) is 5. The zero-order valence-corrected chi connectivity index (χ0v) is 14.1. The van der Waals surface area contributed by atoms with Gasteiger partial charge < -0.3 is 10.2 Å². The first-order valence-electron chi connectivity index (χ1n) is 8.52. The third-order valence-corrected chi connectivity index (χ3v) is 4.47. The van der Waals surface area contributed by atoms with Crippen LogP contribution < -0.4 is 5.32 Å². The van der Waals surface area contributed by atoms with Gasteiger partial charge in [-0.25, -0.2) is 4.98 Å². The molecular formula is C18H18N6O2. The van der Waals surface area contributed by atoms with Gasteiger partial charge in [0.25, 0.3) is 11.7 Å². The monoisotopic (exact) mass is 350 g/mol. The molecule has 2 aromatic heterocycles. The van der Waals surface area contributed by atoms with Crippen molar-refractivity contribution in [1.82, 2.24) is 29.8 Å². The summed E-state index contributed by atoms with van der Waals surface area (Å²) in [6, 6.07) is 7.32. The molecule has 0 unspecified atom stereocenters. The van der Waals surface area contributed by atoms with E-state index in [2.05, 4.69) is 20.5 Å². The molecule has 1 fully saturated rings. The van der Waals surface area contributed by atoms with Gasteiger partial charge in [0.15, 0.2) is 0 Å². The molecule has 0 radical (unpaired) electrons. The number of nitrogens with one attached hydrogen (secondary N) is 1. The van der Waals surface area contributed by atoms with Crippen LogP contribution in [0.2, 0.25) is 0 Å². The number of benzene rings is 1. The molecule has 4 rings (SSSR count). The number of amides is 2. The van der Waals surface area contributed by atoms with Crippen LogP contribution in [0.25, 0.3) is 16.9 Å². The summed E-state index contributed by atoms with van der Waals surface area (Å²) >= 11 is 0. The third kappa shape index (κ3) is 3.26. The Bertz CT molecular complexity index is 950. The Labute approximate surface area is 149 Å². The van der Waals surface area contributed by atoms with Crippen LogP contribution in [0.5, 0.6) is 0 Å². The third-order valence-electron chi connectivity index (χ3n) is 4.47. The summed E-state index contributed by atoms with van der Waals surface area (Å²) in [5.74, 6) is 0.569. The van der Waals surface area contributed by atoms with Crippen LogP contribution in [0.4, 0.5) is 0 Å². The molecule has 0 atom stereocenters. The smallest absolute Gasteiger partial charge is 0.254 e. The number of likely N-dealkylation sites (tertiary alicyclic amines) is 1. The second-order valence-electron chi connectivity index (χ2n) is 6.20. The average Bonchev–Trinajstić information content (AvgIpc) is 3.30. The highest BCUT2D eigenvalue weighted by Crippen LogP contribution is 2.19. The Kier molecular flexibility index (Phi) is 4.30. The highest BCUT2D eigenvalue weighted by molar-refractivity contribution is 5.94. The number of carbonyl (C=O) groups is 2. The van der Waals surface area contributed by atoms with Gasteiger partial charge in [0.2, 0.25) is 5.91 Å². The molecule has 8 nitrogen and oxygen atoms in total. The molecule has 8 heteroatoms. The summed E-state index contributed by atoms with van der Waals surface area (Å²) in [7, 11) is 0. The first-order valence-corrected chi connectivity index (χ1v) is 8.52. The minimum atomic E-state index is -0.143. The molecule has 26 heavy (non-hydrogen) atoms. The highest BCUT2D eigenvalue weighted by atomic mass is 16.2. The SMILES string of the molecule is O=C(NCCN1CCCC1=O)c1ccc(-c2cnc3nncn3c2)cc1. The zero-order valence-electron chi connectivity index (χ0n) is 14.1. The minimum Gasteiger partial charge on any atom is -0.350 e. The van der Waals surface area contributed by atoms with E-state index >= 15 is 0 Å². The van der Waals surface area contributed by atoms with Crippen molar-refractivity contribution in [3.05, 3.63) is 48.5 Å². The summed E-state index contributed by atoms with van der Waals surface area (Å²) < 4.78 is 1.75. The summed E-state index contributed by atoms with van der Waals surface area (Å²) in [6.45, 7) is 1.81. The van der Waals surface area contributed by atoms with Gasteiger partial charge in [0.05, 0.1) is 0 Å². The average molecular weight is 350 g/mol. The van der Waals surface area contributed by atoms with Crippen molar-refractivity contribution in [2.45, 2.75) is 12.8 Å². The predicted molar refractivity (Wildman–Crippen MR) is 94.4 cm³/mol. The van der Waals surface area contributed by atoms with Crippen molar-refractivity contribution in [1.29, 1.82) is 0 Å². The van der Waals surface area contributed by atoms with Crippen molar-refractivity contribution in [3.8, 4) is 11.1 Å². The lowest BCUT2D eigenvalue weighted by Crippen LogP contribution is -2.35. The first kappa shape index (κ1) is 16.2. The van der Waals surface area contributed by atoms with Crippen LogP contribution in [0.15, 0.2) is 43.0 Å². The topological polar surface area (TPSA) is 92.5 Å². The van der Waals surface area contributed by atoms with Crippen molar-refractivity contribution < 1.29 is 9.59 Å². The van der Waals surface area contributed by atoms with E-state index in [1.54, 1.807) is 34.0 Å². The summed E-state index contributed by atoms with van der Waals surface area (Å²) in [6.07, 6.45) is 6.74. The maximum atomic E-state index is 12.2. The van der Waals surface area contributed by atoms with E-state index in [9.17, 15) is 9.59 Å². The normalized spacial score (nSPS) is 14.2. The van der Waals surface area contributed by atoms with Gasteiger partial charge in [-0.05, 0) is 24.1 Å². The number of hydrogen-bond acceptors (Lipinski definition) is 5. The van der Waals surface area contributed by atoms with E-state index in [0.29, 0.717) is 30.9 Å². The number of rotatable bonds is 5. The summed E-state index contributed by atoms with van der Waals surface area (Å²) in [5, 5.41) is 10.5. The molecule has 1 aromatic carbocycles. The fourth-order valence-electron chi connectivity index (χ4n) is 3.04. The van der Waals surface area contributed by atoms with Crippen LogP contribution >= 0.6 is 0 Å². The largest absolute Gasteiger partial charge is 0.350 e. The van der Waals surface area contributed by atoms with E-state index in [0.717, 1.165) is 24.1 Å². The van der Waals surface area contributed by atoms with E-state index in [1.165, 1.54) is 0 Å². The zero-order chi connectivity index (χ0) is 17.9. The Morgan fingerprint density at radius 2 is 2.04 bits per heavy atom. The summed E-state index contributed by atoms with van der Waals surface area (Å²) in [4.78, 5) is 29.8. The molecule has 0 bridgehead atoms. The maximum Gasteiger partial charge on any atom is 0.254 e. The van der Waals surface area contributed by atoms with Gasteiger partial charge in [-0.3, -0.25) is 14.0 Å². The quantitative estimate of drug-likeness (QED) is 0.745. The van der Waals surface area contributed by atoms with Crippen molar-refractivity contribution in [2.24, 2.45) is 0 Å². The number of fused-ring (bicyclic) bond motifs is 1. The van der Waals surface area contributed by atoms with E-state index in [4.69, 9.17) is 0 Å². The maximum absolute atomic E-state index is 12.2. The van der Waals surface area contributed by atoms with Gasteiger partial charge in [0.1, 0.15) is 6.33 Å². The van der Waals surface area contributed by atoms with Crippen LogP contribution in [0.3, 0.4) is 0 Å². The Morgan fingerprint density at radius 1 is 1.19 bits per heavy atom. The van der Waals surface area contributed by atoms with Crippen molar-refractivity contribution in [2.75, 3.05) is 19.6 Å². The van der Waals surface area contributed by atoms with Gasteiger partial charge in [-0.2, -0.15) is 0 Å². The van der Waals surface area contributed by atoms with Crippen LogP contribution in [0.1, 0.15) is 23.2 Å². The molecule has 0 saturated carbocycles. The lowest BCUT2D eigenvalue weighted by Gasteiger charge is -2.15. The standard InChI is InChI=1S/C18H18N6O2/c25-16-2-1-8-23(16)9-7-19-17(26)14-5-3-13(4-6-14)15-10-20-18-22-21-12-24(18)11-15/h3-6,10-12H,1-2,7-9H2,(H,19,26). The highest BCUT2D eigenvalue weighted by Gasteiger charge is 2.19. The number of hydrogen-bond donors (Lipinski definition) is 1. The lowest BCUT2D eigenvalue weighted by molar-refractivity contribution is -0.127. The molecule has 3 aromatic rings. The van der Waals surface area contributed by atoms with Crippen LogP contribution in [-0.4, -0.2) is 55.9 Å². The fraction of sp³-hybridized carbons (Fsp3) is 0.278. The molecule has 1 aliphatic heterocycles. The minimum absolute atomic E-state index is 0.143. The Balaban J connectivity index is 1.38. The number of aromatic nitrogens is 4. The summed E-state index contributed by atoms with van der Waals surface area (Å²) in [5.41, 5.74) is 2.45. The Morgan fingerprint density at radius 3 is 2.81 bits per heavy atom. The molecular weight excluding hydrogens is 332 g/mol. The fourth-order valence-corrected chi connectivity index (χ4v) is 3.04. The molecule has 3 heterocycles. The molecule has 1 saturated heterocycles.